The first-order chi connectivity index (χ1) is 20.2. The summed E-state index contributed by atoms with van der Waals surface area (Å²) in [6.07, 6.45) is -9.17. The molecule has 1 amide bonds. The first-order valence-electron chi connectivity index (χ1n) is 13.5. The fourth-order valence-corrected chi connectivity index (χ4v) is 5.30. The molecule has 43 heavy (non-hydrogen) atoms. The Hall–Kier alpha value is -4.11. The van der Waals surface area contributed by atoms with Gasteiger partial charge in [0.25, 0.3) is 5.95 Å². The first-order valence-corrected chi connectivity index (χ1v) is 13.5. The van der Waals surface area contributed by atoms with Gasteiger partial charge in [0, 0.05) is 18.7 Å². The molecule has 0 bridgehead atoms. The molecule has 1 saturated carbocycles. The minimum absolute atomic E-state index is 0.0400. The van der Waals surface area contributed by atoms with Crippen LogP contribution in [-0.4, -0.2) is 50.5 Å². The molecule has 232 valence electrons. The molecular formula is C27H29F6N7O3. The van der Waals surface area contributed by atoms with Crippen LogP contribution >= 0.6 is 0 Å². The Labute approximate surface area is 242 Å². The molecule has 16 heteroatoms. The number of anilines is 2. The topological polar surface area (TPSA) is 98.5 Å². The SMILES string of the molecule is COc1ccc2c(n1)[C@H](N(Cc1cc(C(F)(F)F)cc(C(F)(F)F)c1)c1nnn(C)n1)C[C@H](C1CC1)N2C(=O)OC(C)C. The van der Waals surface area contributed by atoms with Crippen molar-refractivity contribution >= 4 is 17.7 Å². The fourth-order valence-electron chi connectivity index (χ4n) is 5.30. The van der Waals surface area contributed by atoms with E-state index in [-0.39, 0.29) is 35.8 Å². The average Bonchev–Trinajstić information content (AvgIpc) is 3.69. The number of ether oxygens (including phenoxy) is 2. The molecule has 1 aromatic carbocycles. The van der Waals surface area contributed by atoms with E-state index in [0.717, 1.165) is 17.6 Å². The standard InChI is InChI=1S/C27H29F6N7O3/c1-14(2)43-25(41)40-19-7-8-22(42-4)34-23(19)21(12-20(40)16-5-6-16)39(24-35-37-38(3)36-24)13-15-9-17(26(28,29)30)11-18(10-15)27(31,32)33/h7-11,14,16,20-21H,5-6,12-13H2,1-4H3/t20-,21-/m1/s1. The largest absolute Gasteiger partial charge is 0.481 e. The van der Waals surface area contributed by atoms with E-state index in [1.165, 1.54) is 24.0 Å². The molecular weight excluding hydrogens is 584 g/mol. The monoisotopic (exact) mass is 613 g/mol. The molecule has 5 rings (SSSR count). The summed E-state index contributed by atoms with van der Waals surface area (Å²) in [6.45, 7) is 2.99. The highest BCUT2D eigenvalue weighted by Gasteiger charge is 2.48. The molecule has 0 radical (unpaired) electrons. The van der Waals surface area contributed by atoms with Gasteiger partial charge in [0.15, 0.2) is 0 Å². The number of tetrazole rings is 1. The predicted octanol–water partition coefficient (Wildman–Crippen LogP) is 5.93. The van der Waals surface area contributed by atoms with Crippen molar-refractivity contribution in [2.45, 2.75) is 70.2 Å². The summed E-state index contributed by atoms with van der Waals surface area (Å²) < 4.78 is 93.1. The van der Waals surface area contributed by atoms with Crippen LogP contribution in [0.25, 0.3) is 0 Å². The highest BCUT2D eigenvalue weighted by atomic mass is 19.4. The number of hydrogen-bond donors (Lipinski definition) is 0. The Bertz CT molecular complexity index is 1460. The van der Waals surface area contributed by atoms with Crippen LogP contribution in [0.5, 0.6) is 5.88 Å². The van der Waals surface area contributed by atoms with E-state index in [1.54, 1.807) is 26.0 Å². The third-order valence-electron chi connectivity index (χ3n) is 7.29. The number of aryl methyl sites for hydroxylation is 1. The number of carbonyl (C=O) groups is 1. The lowest BCUT2D eigenvalue weighted by Gasteiger charge is -2.43. The number of halogens is 6. The van der Waals surface area contributed by atoms with Crippen molar-refractivity contribution in [3.63, 3.8) is 0 Å². The van der Waals surface area contributed by atoms with Crippen molar-refractivity contribution in [1.29, 1.82) is 0 Å². The number of aromatic nitrogens is 5. The summed E-state index contributed by atoms with van der Waals surface area (Å²) in [5.41, 5.74) is -2.47. The summed E-state index contributed by atoms with van der Waals surface area (Å²) >= 11 is 0. The number of fused-ring (bicyclic) bond motifs is 1. The van der Waals surface area contributed by atoms with Gasteiger partial charge in [0.1, 0.15) is 0 Å². The number of rotatable bonds is 7. The number of nitrogens with zero attached hydrogens (tertiary/aromatic N) is 7. The molecule has 2 aliphatic rings. The highest BCUT2D eigenvalue weighted by Crippen LogP contribution is 2.49. The molecule has 0 N–H and O–H groups in total. The Balaban J connectivity index is 1.66. The summed E-state index contributed by atoms with van der Waals surface area (Å²) in [7, 11) is 2.88. The second-order valence-corrected chi connectivity index (χ2v) is 10.8. The van der Waals surface area contributed by atoms with E-state index in [4.69, 9.17) is 9.47 Å². The third kappa shape index (κ3) is 6.46. The summed E-state index contributed by atoms with van der Waals surface area (Å²) in [5, 5.41) is 12.1. The molecule has 1 fully saturated rings. The summed E-state index contributed by atoms with van der Waals surface area (Å²) in [6, 6.07) is 3.44. The zero-order chi connectivity index (χ0) is 31.3. The van der Waals surface area contributed by atoms with Crippen LogP contribution < -0.4 is 14.5 Å². The van der Waals surface area contributed by atoms with E-state index in [2.05, 4.69) is 20.4 Å². The molecule has 3 aromatic rings. The molecule has 1 aliphatic heterocycles. The molecule has 1 aliphatic carbocycles. The lowest BCUT2D eigenvalue weighted by molar-refractivity contribution is -0.143. The molecule has 3 heterocycles. The molecule has 0 spiro atoms. The number of hydrogen-bond acceptors (Lipinski definition) is 8. The normalized spacial score (nSPS) is 18.9. The van der Waals surface area contributed by atoms with Crippen molar-refractivity contribution in [3.05, 3.63) is 52.7 Å². The number of alkyl halides is 6. The maximum atomic E-state index is 13.7. The Morgan fingerprint density at radius 1 is 1.07 bits per heavy atom. The van der Waals surface area contributed by atoms with Gasteiger partial charge in [-0.1, -0.05) is 5.10 Å². The van der Waals surface area contributed by atoms with Crippen LogP contribution in [0, 0.1) is 5.92 Å². The number of carbonyl (C=O) groups excluding carboxylic acids is 1. The maximum absolute atomic E-state index is 13.7. The zero-order valence-corrected chi connectivity index (χ0v) is 23.6. The zero-order valence-electron chi connectivity index (χ0n) is 23.6. The van der Waals surface area contributed by atoms with Crippen LogP contribution in [-0.2, 0) is 30.7 Å². The van der Waals surface area contributed by atoms with Crippen molar-refractivity contribution in [3.8, 4) is 5.88 Å². The van der Waals surface area contributed by atoms with E-state index in [9.17, 15) is 31.1 Å². The van der Waals surface area contributed by atoms with Gasteiger partial charge in [0.05, 0.1) is 48.8 Å². The van der Waals surface area contributed by atoms with Crippen molar-refractivity contribution in [1.82, 2.24) is 25.2 Å². The number of amides is 1. The van der Waals surface area contributed by atoms with Crippen LogP contribution in [0.2, 0.25) is 0 Å². The predicted molar refractivity (Wildman–Crippen MR) is 140 cm³/mol. The molecule has 2 aromatic heterocycles. The van der Waals surface area contributed by atoms with Gasteiger partial charge < -0.3 is 14.4 Å². The lowest BCUT2D eigenvalue weighted by Crippen LogP contribution is -2.50. The van der Waals surface area contributed by atoms with Crippen LogP contribution in [0.4, 0.5) is 42.8 Å². The van der Waals surface area contributed by atoms with Gasteiger partial charge in [0.2, 0.25) is 5.88 Å². The minimum Gasteiger partial charge on any atom is -0.481 e. The van der Waals surface area contributed by atoms with Gasteiger partial charge in [-0.2, -0.15) is 31.1 Å². The molecule has 10 nitrogen and oxygen atoms in total. The Morgan fingerprint density at radius 3 is 2.23 bits per heavy atom. The number of pyridine rings is 1. The Morgan fingerprint density at radius 2 is 1.72 bits per heavy atom. The fraction of sp³-hybridized carbons (Fsp3) is 0.519. The maximum Gasteiger partial charge on any atom is 0.416 e. The summed E-state index contributed by atoms with van der Waals surface area (Å²) in [4.78, 5) is 22.1. The Kier molecular flexibility index (Phi) is 7.90. The van der Waals surface area contributed by atoms with E-state index < -0.39 is 54.3 Å². The van der Waals surface area contributed by atoms with Crippen LogP contribution in [0.3, 0.4) is 0 Å². The number of benzene rings is 1. The van der Waals surface area contributed by atoms with Crippen molar-refractivity contribution < 1.29 is 40.6 Å². The van der Waals surface area contributed by atoms with E-state index >= 15 is 0 Å². The number of methoxy groups -OCH3 is 1. The average molecular weight is 614 g/mol. The molecule has 0 unspecified atom stereocenters. The van der Waals surface area contributed by atoms with Crippen molar-refractivity contribution in [2.75, 3.05) is 16.9 Å². The first kappa shape index (κ1) is 30.4. The quantitative estimate of drug-likeness (QED) is 0.303. The molecule has 2 atom stereocenters. The van der Waals surface area contributed by atoms with E-state index in [1.807, 2.05) is 0 Å². The van der Waals surface area contributed by atoms with Crippen molar-refractivity contribution in [2.24, 2.45) is 13.0 Å². The molecule has 0 saturated heterocycles. The second kappa shape index (κ2) is 11.2. The van der Waals surface area contributed by atoms with Crippen LogP contribution in [0.1, 0.15) is 61.5 Å². The lowest BCUT2D eigenvalue weighted by atomic mass is 9.90. The van der Waals surface area contributed by atoms with Gasteiger partial charge in [-0.3, -0.25) is 4.90 Å². The van der Waals surface area contributed by atoms with Crippen LogP contribution in [0.15, 0.2) is 30.3 Å². The van der Waals surface area contributed by atoms with Gasteiger partial charge in [-0.15, -0.1) is 5.10 Å². The highest BCUT2D eigenvalue weighted by molar-refractivity contribution is 5.90. The summed E-state index contributed by atoms with van der Waals surface area (Å²) in [5.74, 6) is 0.248. The third-order valence-corrected chi connectivity index (χ3v) is 7.29. The van der Waals surface area contributed by atoms with Gasteiger partial charge in [-0.05, 0) is 74.1 Å². The smallest absolute Gasteiger partial charge is 0.416 e. The minimum atomic E-state index is -5.02. The second-order valence-electron chi connectivity index (χ2n) is 10.8. The van der Waals surface area contributed by atoms with Gasteiger partial charge in [-0.25, -0.2) is 9.78 Å². The van der Waals surface area contributed by atoms with Gasteiger partial charge >= 0.3 is 18.4 Å². The van der Waals surface area contributed by atoms with E-state index in [0.29, 0.717) is 23.5 Å².